The number of aliphatic carboxylic acids is 1. The quantitative estimate of drug-likeness (QED) is 0.365. The number of hydroxylamine groups is 1. The van der Waals surface area contributed by atoms with Crippen molar-refractivity contribution in [3.63, 3.8) is 0 Å². The number of carboxylic acids is 1. The number of aromatic nitrogens is 1. The largest absolute Gasteiger partial charge is 0.481 e. The molecular weight excluding hydrogens is 388 g/mol. The maximum atomic E-state index is 10.7. The van der Waals surface area contributed by atoms with E-state index in [1.165, 1.54) is 16.0 Å². The number of fused-ring (bicyclic) bond motifs is 1. The molecule has 158 valence electrons. The third-order valence-electron chi connectivity index (χ3n) is 5.52. The lowest BCUT2D eigenvalue weighted by Crippen LogP contribution is -2.17. The Morgan fingerprint density at radius 3 is 2.29 bits per heavy atom. The number of aryl methyl sites for hydroxylation is 3. The molecule has 4 rings (SSSR count). The molecule has 1 heterocycles. The molecule has 5 heteroatoms. The fourth-order valence-corrected chi connectivity index (χ4v) is 3.77. The first-order valence-corrected chi connectivity index (χ1v) is 10.5. The number of carboxylic acid groups (broad SMARTS) is 1. The highest BCUT2D eigenvalue weighted by molar-refractivity contribution is 5.81. The number of rotatable bonds is 9. The standard InChI is InChI=1S/C26H26N2O3/c29-26(30)13-9-21-7-11-24(12-8-21)28(31)19-22-6-10-23-15-17-27(25(23)18-22)16-14-20-4-2-1-3-5-20/h1-8,10-12,15,17-18,31H,9,13-14,16,19H2,(H,29,30). The Balaban J connectivity index is 1.43. The van der Waals surface area contributed by atoms with Gasteiger partial charge in [-0.15, -0.1) is 0 Å². The fraction of sp³-hybridized carbons (Fsp3) is 0.192. The van der Waals surface area contributed by atoms with Gasteiger partial charge in [-0.1, -0.05) is 54.6 Å². The molecule has 3 aromatic carbocycles. The van der Waals surface area contributed by atoms with Crippen LogP contribution in [0.2, 0.25) is 0 Å². The fourth-order valence-electron chi connectivity index (χ4n) is 3.77. The molecular formula is C26H26N2O3. The Hall–Kier alpha value is -3.57. The van der Waals surface area contributed by atoms with E-state index in [9.17, 15) is 10.0 Å². The van der Waals surface area contributed by atoms with Gasteiger partial charge in [0.2, 0.25) is 0 Å². The van der Waals surface area contributed by atoms with Crippen LogP contribution in [0.1, 0.15) is 23.1 Å². The van der Waals surface area contributed by atoms with E-state index >= 15 is 0 Å². The van der Waals surface area contributed by atoms with Crippen molar-refractivity contribution >= 4 is 22.6 Å². The average Bonchev–Trinajstić information content (AvgIpc) is 3.19. The molecule has 0 bridgehead atoms. The highest BCUT2D eigenvalue weighted by atomic mass is 16.5. The smallest absolute Gasteiger partial charge is 0.303 e. The number of carbonyl (C=O) groups is 1. The van der Waals surface area contributed by atoms with E-state index in [0.717, 1.165) is 29.6 Å². The molecule has 31 heavy (non-hydrogen) atoms. The van der Waals surface area contributed by atoms with Crippen molar-refractivity contribution in [3.8, 4) is 0 Å². The zero-order chi connectivity index (χ0) is 21.6. The predicted octanol–water partition coefficient (Wildman–Crippen LogP) is 5.30. The van der Waals surface area contributed by atoms with Gasteiger partial charge in [0.25, 0.3) is 0 Å². The Morgan fingerprint density at radius 2 is 1.55 bits per heavy atom. The van der Waals surface area contributed by atoms with E-state index in [1.54, 1.807) is 0 Å². The number of anilines is 1. The molecule has 1 aromatic heterocycles. The van der Waals surface area contributed by atoms with Gasteiger partial charge in [0, 0.05) is 24.7 Å². The average molecular weight is 415 g/mol. The van der Waals surface area contributed by atoms with Gasteiger partial charge >= 0.3 is 5.97 Å². The second-order valence-electron chi connectivity index (χ2n) is 7.76. The predicted molar refractivity (Wildman–Crippen MR) is 122 cm³/mol. The molecule has 0 aliphatic heterocycles. The maximum Gasteiger partial charge on any atom is 0.303 e. The van der Waals surface area contributed by atoms with E-state index in [0.29, 0.717) is 18.7 Å². The number of hydrogen-bond acceptors (Lipinski definition) is 3. The van der Waals surface area contributed by atoms with Crippen LogP contribution >= 0.6 is 0 Å². The van der Waals surface area contributed by atoms with Crippen molar-refractivity contribution in [1.82, 2.24) is 4.57 Å². The molecule has 2 N–H and O–H groups in total. The Morgan fingerprint density at radius 1 is 0.839 bits per heavy atom. The van der Waals surface area contributed by atoms with Crippen LogP contribution in [-0.4, -0.2) is 20.9 Å². The van der Waals surface area contributed by atoms with Crippen LogP contribution in [0.4, 0.5) is 5.69 Å². The monoisotopic (exact) mass is 414 g/mol. The third-order valence-corrected chi connectivity index (χ3v) is 5.52. The van der Waals surface area contributed by atoms with E-state index < -0.39 is 5.97 Å². The lowest BCUT2D eigenvalue weighted by molar-refractivity contribution is -0.136. The number of hydrogen-bond donors (Lipinski definition) is 2. The van der Waals surface area contributed by atoms with Crippen LogP contribution in [0.15, 0.2) is 85.1 Å². The molecule has 0 saturated carbocycles. The van der Waals surface area contributed by atoms with E-state index in [4.69, 9.17) is 5.11 Å². The zero-order valence-electron chi connectivity index (χ0n) is 17.3. The molecule has 4 aromatic rings. The Bertz CT molecular complexity index is 1150. The van der Waals surface area contributed by atoms with Crippen LogP contribution in [0.3, 0.4) is 0 Å². The third kappa shape index (κ3) is 5.32. The van der Waals surface area contributed by atoms with Crippen LogP contribution < -0.4 is 5.06 Å². The summed E-state index contributed by atoms with van der Waals surface area (Å²) in [6.45, 7) is 1.27. The lowest BCUT2D eigenvalue weighted by Gasteiger charge is -2.18. The van der Waals surface area contributed by atoms with Crippen molar-refractivity contribution in [2.75, 3.05) is 5.06 Å². The molecule has 0 atom stereocenters. The highest BCUT2D eigenvalue weighted by Crippen LogP contribution is 2.22. The molecule has 0 fully saturated rings. The minimum Gasteiger partial charge on any atom is -0.481 e. The minimum atomic E-state index is -0.809. The topological polar surface area (TPSA) is 65.7 Å². The first-order chi connectivity index (χ1) is 15.1. The van der Waals surface area contributed by atoms with Crippen LogP contribution in [0, 0.1) is 0 Å². The van der Waals surface area contributed by atoms with Gasteiger partial charge in [-0.3, -0.25) is 15.1 Å². The van der Waals surface area contributed by atoms with Crippen molar-refractivity contribution in [1.29, 1.82) is 0 Å². The Kier molecular flexibility index (Phi) is 6.34. The van der Waals surface area contributed by atoms with E-state index in [1.807, 2.05) is 36.4 Å². The van der Waals surface area contributed by atoms with Crippen LogP contribution in [0.5, 0.6) is 0 Å². The molecule has 0 radical (unpaired) electrons. The summed E-state index contributed by atoms with van der Waals surface area (Å²) < 4.78 is 2.25. The van der Waals surface area contributed by atoms with Crippen LogP contribution in [-0.2, 0) is 30.7 Å². The number of nitrogens with zero attached hydrogens (tertiary/aromatic N) is 2. The van der Waals surface area contributed by atoms with Gasteiger partial charge in [0.1, 0.15) is 0 Å². The Labute approximate surface area is 181 Å². The van der Waals surface area contributed by atoms with E-state index in [-0.39, 0.29) is 6.42 Å². The normalized spacial score (nSPS) is 11.0. The summed E-state index contributed by atoms with van der Waals surface area (Å²) in [7, 11) is 0. The molecule has 0 aliphatic carbocycles. The van der Waals surface area contributed by atoms with Gasteiger partial charge < -0.3 is 9.67 Å². The van der Waals surface area contributed by atoms with E-state index in [2.05, 4.69) is 53.2 Å². The van der Waals surface area contributed by atoms with Gasteiger partial charge in [0.15, 0.2) is 0 Å². The number of benzene rings is 3. The summed E-state index contributed by atoms with van der Waals surface area (Å²) in [5.74, 6) is -0.809. The minimum absolute atomic E-state index is 0.103. The van der Waals surface area contributed by atoms with Crippen molar-refractivity contribution in [3.05, 3.63) is 102 Å². The second-order valence-corrected chi connectivity index (χ2v) is 7.76. The first-order valence-electron chi connectivity index (χ1n) is 10.5. The van der Waals surface area contributed by atoms with Gasteiger partial charge in [0.05, 0.1) is 12.2 Å². The molecule has 0 amide bonds. The summed E-state index contributed by atoms with van der Waals surface area (Å²) in [5.41, 5.74) is 5.11. The lowest BCUT2D eigenvalue weighted by atomic mass is 10.1. The molecule has 0 unspecified atom stereocenters. The summed E-state index contributed by atoms with van der Waals surface area (Å²) in [6, 6.07) is 26.2. The maximum absolute atomic E-state index is 10.7. The van der Waals surface area contributed by atoms with Crippen molar-refractivity contribution in [2.24, 2.45) is 0 Å². The second kappa shape index (κ2) is 9.49. The first kappa shape index (κ1) is 20.7. The van der Waals surface area contributed by atoms with Crippen LogP contribution in [0.25, 0.3) is 10.9 Å². The van der Waals surface area contributed by atoms with Crippen molar-refractivity contribution < 1.29 is 15.1 Å². The molecule has 0 spiro atoms. The summed E-state index contributed by atoms with van der Waals surface area (Å²) in [5, 5.41) is 21.8. The SMILES string of the molecule is O=C(O)CCc1ccc(N(O)Cc2ccc3ccn(CCc4ccccc4)c3c2)cc1. The molecule has 5 nitrogen and oxygen atoms in total. The van der Waals surface area contributed by atoms with Crippen molar-refractivity contribution in [2.45, 2.75) is 32.4 Å². The van der Waals surface area contributed by atoms with Gasteiger partial charge in [-0.25, -0.2) is 0 Å². The zero-order valence-corrected chi connectivity index (χ0v) is 17.3. The van der Waals surface area contributed by atoms with Gasteiger partial charge in [-0.05, 0) is 59.2 Å². The summed E-state index contributed by atoms with van der Waals surface area (Å²) in [4.78, 5) is 10.7. The molecule has 0 aliphatic rings. The highest BCUT2D eigenvalue weighted by Gasteiger charge is 2.08. The molecule has 0 saturated heterocycles. The van der Waals surface area contributed by atoms with Gasteiger partial charge in [-0.2, -0.15) is 0 Å². The summed E-state index contributed by atoms with van der Waals surface area (Å²) in [6.07, 6.45) is 3.67. The summed E-state index contributed by atoms with van der Waals surface area (Å²) >= 11 is 0.